The summed E-state index contributed by atoms with van der Waals surface area (Å²) in [6.45, 7) is 5.53. The molecule has 0 bridgehead atoms. The average Bonchev–Trinajstić information content (AvgIpc) is 2.70. The summed E-state index contributed by atoms with van der Waals surface area (Å²) in [5, 5.41) is 2.77. The van der Waals surface area contributed by atoms with Crippen molar-refractivity contribution in [3.8, 4) is 0 Å². The summed E-state index contributed by atoms with van der Waals surface area (Å²) >= 11 is 0. The lowest BCUT2D eigenvalue weighted by Gasteiger charge is -2.06. The van der Waals surface area contributed by atoms with Crippen LogP contribution in [0.25, 0.3) is 21.8 Å². The van der Waals surface area contributed by atoms with Gasteiger partial charge in [-0.15, -0.1) is 0 Å². The SMILES string of the molecule is CCCCn1c2ccccc2c2cc(C)ccc21. The van der Waals surface area contributed by atoms with Gasteiger partial charge in [-0.1, -0.05) is 43.2 Å². The Morgan fingerprint density at radius 3 is 2.56 bits per heavy atom. The van der Waals surface area contributed by atoms with Crippen LogP contribution in [0, 0.1) is 6.92 Å². The van der Waals surface area contributed by atoms with E-state index >= 15 is 0 Å². The van der Waals surface area contributed by atoms with Crippen LogP contribution in [-0.4, -0.2) is 4.57 Å². The second kappa shape index (κ2) is 4.49. The minimum atomic E-state index is 1.11. The van der Waals surface area contributed by atoms with Crippen molar-refractivity contribution in [1.82, 2.24) is 4.57 Å². The van der Waals surface area contributed by atoms with Gasteiger partial charge in [0.2, 0.25) is 0 Å². The zero-order chi connectivity index (χ0) is 12.5. The zero-order valence-electron chi connectivity index (χ0n) is 11.1. The first-order chi connectivity index (χ1) is 8.81. The maximum atomic E-state index is 2.47. The van der Waals surface area contributed by atoms with Crippen molar-refractivity contribution >= 4 is 21.8 Å². The second-order valence-electron chi connectivity index (χ2n) is 5.04. The number of para-hydroxylation sites is 1. The van der Waals surface area contributed by atoms with Crippen molar-refractivity contribution in [1.29, 1.82) is 0 Å². The highest BCUT2D eigenvalue weighted by atomic mass is 15.0. The van der Waals surface area contributed by atoms with Crippen LogP contribution in [0.2, 0.25) is 0 Å². The van der Waals surface area contributed by atoms with Gasteiger partial charge >= 0.3 is 0 Å². The Hall–Kier alpha value is -1.76. The van der Waals surface area contributed by atoms with Gasteiger partial charge in [0.05, 0.1) is 0 Å². The summed E-state index contributed by atoms with van der Waals surface area (Å²) < 4.78 is 2.47. The molecule has 0 atom stereocenters. The fourth-order valence-corrected chi connectivity index (χ4v) is 2.72. The number of aromatic nitrogens is 1. The van der Waals surface area contributed by atoms with Crippen molar-refractivity contribution < 1.29 is 0 Å². The van der Waals surface area contributed by atoms with E-state index in [-0.39, 0.29) is 0 Å². The van der Waals surface area contributed by atoms with E-state index in [1.165, 1.54) is 40.2 Å². The minimum absolute atomic E-state index is 1.11. The van der Waals surface area contributed by atoms with Gasteiger partial charge < -0.3 is 4.57 Å². The Balaban J connectivity index is 2.34. The van der Waals surface area contributed by atoms with Crippen LogP contribution in [0.4, 0.5) is 0 Å². The van der Waals surface area contributed by atoms with E-state index < -0.39 is 0 Å². The molecule has 92 valence electrons. The van der Waals surface area contributed by atoms with Crippen LogP contribution >= 0.6 is 0 Å². The smallest absolute Gasteiger partial charge is 0.0491 e. The highest BCUT2D eigenvalue weighted by Crippen LogP contribution is 2.29. The van der Waals surface area contributed by atoms with Gasteiger partial charge in [-0.2, -0.15) is 0 Å². The van der Waals surface area contributed by atoms with E-state index in [0.29, 0.717) is 0 Å². The first kappa shape index (κ1) is 11.3. The second-order valence-corrected chi connectivity index (χ2v) is 5.04. The molecule has 0 spiro atoms. The topological polar surface area (TPSA) is 4.93 Å². The summed E-state index contributed by atoms with van der Waals surface area (Å²) in [6.07, 6.45) is 2.47. The molecule has 1 aromatic heterocycles. The Bertz CT molecular complexity index is 691. The number of unbranched alkanes of at least 4 members (excludes halogenated alkanes) is 1. The van der Waals surface area contributed by atoms with E-state index in [9.17, 15) is 0 Å². The number of hydrogen-bond acceptors (Lipinski definition) is 0. The molecule has 0 saturated carbocycles. The molecule has 0 amide bonds. The summed E-state index contributed by atoms with van der Waals surface area (Å²) in [5.41, 5.74) is 4.07. The molecule has 1 heteroatoms. The molecule has 1 heterocycles. The molecule has 3 aromatic rings. The normalized spacial score (nSPS) is 11.4. The third-order valence-electron chi connectivity index (χ3n) is 3.66. The predicted octanol–water partition coefficient (Wildman–Crippen LogP) is 4.90. The molecule has 0 unspecified atom stereocenters. The fraction of sp³-hybridized carbons (Fsp3) is 0.294. The molecule has 1 nitrogen and oxygen atoms in total. The minimum Gasteiger partial charge on any atom is -0.340 e. The number of rotatable bonds is 3. The van der Waals surface area contributed by atoms with Crippen LogP contribution in [0.15, 0.2) is 42.5 Å². The first-order valence-electron chi connectivity index (χ1n) is 6.79. The van der Waals surface area contributed by atoms with Crippen molar-refractivity contribution in [3.05, 3.63) is 48.0 Å². The zero-order valence-corrected chi connectivity index (χ0v) is 11.1. The molecule has 0 radical (unpaired) electrons. The van der Waals surface area contributed by atoms with Gasteiger partial charge in [-0.3, -0.25) is 0 Å². The average molecular weight is 237 g/mol. The third-order valence-corrected chi connectivity index (χ3v) is 3.66. The standard InChI is InChI=1S/C17H19N/c1-3-4-11-18-16-8-6-5-7-14(16)15-12-13(2)9-10-17(15)18/h5-10,12H,3-4,11H2,1-2H3. The number of aryl methyl sites for hydroxylation is 2. The van der Waals surface area contributed by atoms with Crippen LogP contribution in [-0.2, 0) is 6.54 Å². The van der Waals surface area contributed by atoms with E-state index in [1.807, 2.05) is 0 Å². The Morgan fingerprint density at radius 1 is 0.944 bits per heavy atom. The van der Waals surface area contributed by atoms with Gasteiger partial charge in [-0.25, -0.2) is 0 Å². The Kier molecular flexibility index (Phi) is 2.83. The van der Waals surface area contributed by atoms with Crippen LogP contribution in [0.5, 0.6) is 0 Å². The summed E-state index contributed by atoms with van der Waals surface area (Å²) in [7, 11) is 0. The summed E-state index contributed by atoms with van der Waals surface area (Å²) in [6, 6.07) is 15.5. The highest BCUT2D eigenvalue weighted by Gasteiger charge is 2.09. The van der Waals surface area contributed by atoms with Crippen molar-refractivity contribution in [2.24, 2.45) is 0 Å². The lowest BCUT2D eigenvalue weighted by molar-refractivity contribution is 0.665. The van der Waals surface area contributed by atoms with E-state index in [0.717, 1.165) is 6.54 Å². The number of hydrogen-bond donors (Lipinski definition) is 0. The van der Waals surface area contributed by atoms with E-state index in [1.54, 1.807) is 0 Å². The van der Waals surface area contributed by atoms with Gasteiger partial charge in [0.15, 0.2) is 0 Å². The van der Waals surface area contributed by atoms with Crippen LogP contribution in [0.1, 0.15) is 25.3 Å². The first-order valence-corrected chi connectivity index (χ1v) is 6.79. The molecule has 18 heavy (non-hydrogen) atoms. The molecule has 3 rings (SSSR count). The van der Waals surface area contributed by atoms with Gasteiger partial charge in [0.25, 0.3) is 0 Å². The largest absolute Gasteiger partial charge is 0.340 e. The molecule has 0 fully saturated rings. The summed E-state index contributed by atoms with van der Waals surface area (Å²) in [5.74, 6) is 0. The Labute approximate surface area is 108 Å². The fourth-order valence-electron chi connectivity index (χ4n) is 2.72. The molecule has 2 aromatic carbocycles. The molecule has 0 saturated heterocycles. The molecule has 0 aliphatic rings. The van der Waals surface area contributed by atoms with Crippen LogP contribution < -0.4 is 0 Å². The summed E-state index contributed by atoms with van der Waals surface area (Å²) in [4.78, 5) is 0. The molecule has 0 aliphatic carbocycles. The predicted molar refractivity (Wildman–Crippen MR) is 79.1 cm³/mol. The van der Waals surface area contributed by atoms with Gasteiger partial charge in [-0.05, 0) is 31.5 Å². The van der Waals surface area contributed by atoms with Crippen LogP contribution in [0.3, 0.4) is 0 Å². The number of nitrogens with zero attached hydrogens (tertiary/aromatic N) is 1. The van der Waals surface area contributed by atoms with Crippen molar-refractivity contribution in [3.63, 3.8) is 0 Å². The molecular formula is C17H19N. The third kappa shape index (κ3) is 1.71. The number of benzene rings is 2. The lowest BCUT2D eigenvalue weighted by Crippen LogP contribution is -1.96. The Morgan fingerprint density at radius 2 is 1.72 bits per heavy atom. The quantitative estimate of drug-likeness (QED) is 0.610. The van der Waals surface area contributed by atoms with Crippen molar-refractivity contribution in [2.75, 3.05) is 0 Å². The molecule has 0 N–H and O–H groups in total. The number of fused-ring (bicyclic) bond motifs is 3. The molecule has 0 aliphatic heterocycles. The maximum absolute atomic E-state index is 2.47. The van der Waals surface area contributed by atoms with Gasteiger partial charge in [0, 0.05) is 28.4 Å². The van der Waals surface area contributed by atoms with Gasteiger partial charge in [0.1, 0.15) is 0 Å². The highest BCUT2D eigenvalue weighted by molar-refractivity contribution is 6.08. The maximum Gasteiger partial charge on any atom is 0.0491 e. The monoisotopic (exact) mass is 237 g/mol. The van der Waals surface area contributed by atoms with E-state index in [4.69, 9.17) is 0 Å². The van der Waals surface area contributed by atoms with E-state index in [2.05, 4.69) is 60.9 Å². The lowest BCUT2D eigenvalue weighted by atomic mass is 10.1. The van der Waals surface area contributed by atoms with Crippen molar-refractivity contribution in [2.45, 2.75) is 33.2 Å². The molecular weight excluding hydrogens is 218 g/mol.